The smallest absolute Gasteiger partial charge is 0.275 e. The van der Waals surface area contributed by atoms with Gasteiger partial charge in [0.05, 0.1) is 16.2 Å². The summed E-state index contributed by atoms with van der Waals surface area (Å²) >= 11 is 1.20. The van der Waals surface area contributed by atoms with E-state index in [0.717, 1.165) is 0 Å². The number of amides is 1. The average Bonchev–Trinajstić information content (AvgIpc) is 2.85. The quantitative estimate of drug-likeness (QED) is 0.565. The van der Waals surface area contributed by atoms with E-state index in [0.29, 0.717) is 33.0 Å². The Morgan fingerprint density at radius 3 is 2.75 bits per heavy atom. The molecule has 0 fully saturated rings. The first kappa shape index (κ1) is 12.4. The molecule has 1 aromatic carbocycles. The molecule has 7 heteroatoms. The molecule has 0 atom stereocenters. The van der Waals surface area contributed by atoms with E-state index in [9.17, 15) is 9.59 Å². The average molecular weight is 286 g/mol. The summed E-state index contributed by atoms with van der Waals surface area (Å²) < 4.78 is 1.94. The molecular formula is C13H10N4O2S. The van der Waals surface area contributed by atoms with E-state index in [-0.39, 0.29) is 5.56 Å². The van der Waals surface area contributed by atoms with Gasteiger partial charge in [-0.2, -0.15) is 0 Å². The van der Waals surface area contributed by atoms with Crippen molar-refractivity contribution in [1.29, 1.82) is 0 Å². The molecule has 0 spiro atoms. The number of thiophene rings is 1. The van der Waals surface area contributed by atoms with E-state index in [2.05, 4.69) is 10.3 Å². The monoisotopic (exact) mass is 286 g/mol. The summed E-state index contributed by atoms with van der Waals surface area (Å²) in [5, 5.41) is 3.12. The van der Waals surface area contributed by atoms with Crippen LogP contribution in [0.25, 0.3) is 15.9 Å². The van der Waals surface area contributed by atoms with Crippen LogP contribution in [0.3, 0.4) is 0 Å². The summed E-state index contributed by atoms with van der Waals surface area (Å²) in [4.78, 5) is 27.1. The minimum atomic E-state index is -0.177. The highest BCUT2D eigenvalue weighted by molar-refractivity contribution is 7.22. The number of nitrogen functional groups attached to an aromatic ring is 1. The number of rotatable bonds is 3. The number of aromatic nitrogens is 2. The lowest BCUT2D eigenvalue weighted by Crippen LogP contribution is -2.17. The second-order valence-corrected chi connectivity index (χ2v) is 5.15. The molecule has 0 saturated carbocycles. The Bertz CT molecular complexity index is 836. The van der Waals surface area contributed by atoms with Gasteiger partial charge in [0, 0.05) is 5.69 Å². The first-order valence-electron chi connectivity index (χ1n) is 5.76. The van der Waals surface area contributed by atoms with Gasteiger partial charge in [0.2, 0.25) is 6.41 Å². The van der Waals surface area contributed by atoms with Crippen LogP contribution < -0.4 is 16.6 Å². The largest absolute Gasteiger partial charge is 0.399 e. The third-order valence-corrected chi connectivity index (χ3v) is 3.85. The molecule has 2 heterocycles. The summed E-state index contributed by atoms with van der Waals surface area (Å²) in [6.45, 7) is 0. The Balaban J connectivity index is 2.17. The molecule has 0 saturated heterocycles. The second-order valence-electron chi connectivity index (χ2n) is 4.10. The van der Waals surface area contributed by atoms with Crippen LogP contribution in [0.15, 0.2) is 41.5 Å². The molecule has 0 bridgehead atoms. The predicted octanol–water partition coefficient (Wildman–Crippen LogP) is 1.60. The number of anilines is 2. The topological polar surface area (TPSA) is 90.0 Å². The molecule has 3 aromatic rings. The Morgan fingerprint density at radius 1 is 1.30 bits per heavy atom. The maximum atomic E-state index is 12.4. The number of fused-ring (bicyclic) bond motifs is 1. The highest BCUT2D eigenvalue weighted by atomic mass is 32.1. The van der Waals surface area contributed by atoms with Crippen LogP contribution in [0.1, 0.15) is 0 Å². The zero-order valence-electron chi connectivity index (χ0n) is 10.2. The van der Waals surface area contributed by atoms with Gasteiger partial charge in [-0.15, -0.1) is 11.3 Å². The van der Waals surface area contributed by atoms with Gasteiger partial charge in [-0.3, -0.25) is 14.2 Å². The van der Waals surface area contributed by atoms with E-state index < -0.39 is 0 Å². The van der Waals surface area contributed by atoms with Gasteiger partial charge in [-0.05, 0) is 30.3 Å². The zero-order valence-corrected chi connectivity index (χ0v) is 11.1. The minimum absolute atomic E-state index is 0.177. The number of carbonyl (C=O) groups excluding carboxylic acids is 1. The van der Waals surface area contributed by atoms with Crippen LogP contribution in [-0.2, 0) is 4.79 Å². The standard InChI is InChI=1S/C13H10N4O2S/c14-8-1-3-9(4-2-8)17-6-15-10-5-11(16-7-18)20-12(10)13(17)19/h1-7H,14H2,(H,16,18). The summed E-state index contributed by atoms with van der Waals surface area (Å²) in [5.74, 6) is 0. The molecule has 3 N–H and O–H groups in total. The normalized spacial score (nSPS) is 10.6. The Kier molecular flexibility index (Phi) is 2.96. The highest BCUT2D eigenvalue weighted by Crippen LogP contribution is 2.25. The van der Waals surface area contributed by atoms with Crippen molar-refractivity contribution in [1.82, 2.24) is 9.55 Å². The molecule has 0 unspecified atom stereocenters. The molecule has 6 nitrogen and oxygen atoms in total. The zero-order chi connectivity index (χ0) is 14.1. The second kappa shape index (κ2) is 4.78. The molecule has 0 aliphatic carbocycles. The highest BCUT2D eigenvalue weighted by Gasteiger charge is 2.09. The van der Waals surface area contributed by atoms with E-state index in [1.807, 2.05) is 0 Å². The van der Waals surface area contributed by atoms with Gasteiger partial charge >= 0.3 is 0 Å². The number of carbonyl (C=O) groups is 1. The summed E-state index contributed by atoms with van der Waals surface area (Å²) in [5.41, 5.74) is 7.34. The van der Waals surface area contributed by atoms with Crippen LogP contribution in [0, 0.1) is 0 Å². The first-order chi connectivity index (χ1) is 9.69. The van der Waals surface area contributed by atoms with Crippen LogP contribution >= 0.6 is 11.3 Å². The third kappa shape index (κ3) is 2.04. The van der Waals surface area contributed by atoms with Crippen molar-refractivity contribution in [2.24, 2.45) is 0 Å². The Labute approximate surface area is 117 Å². The number of nitrogens with zero attached hydrogens (tertiary/aromatic N) is 2. The van der Waals surface area contributed by atoms with Crippen molar-refractivity contribution in [3.8, 4) is 5.69 Å². The van der Waals surface area contributed by atoms with E-state index in [1.165, 1.54) is 22.2 Å². The summed E-state index contributed by atoms with van der Waals surface area (Å²) in [6.07, 6.45) is 2.04. The SMILES string of the molecule is Nc1ccc(-n2cnc3cc(NC=O)sc3c2=O)cc1. The number of nitrogens with two attached hydrogens (primary N) is 1. The molecular weight excluding hydrogens is 276 g/mol. The number of hydrogen-bond acceptors (Lipinski definition) is 5. The lowest BCUT2D eigenvalue weighted by Gasteiger charge is -2.04. The molecule has 3 rings (SSSR count). The van der Waals surface area contributed by atoms with Crippen molar-refractivity contribution in [3.05, 3.63) is 47.0 Å². The molecule has 20 heavy (non-hydrogen) atoms. The van der Waals surface area contributed by atoms with Crippen molar-refractivity contribution >= 4 is 38.7 Å². The van der Waals surface area contributed by atoms with Crippen molar-refractivity contribution < 1.29 is 4.79 Å². The minimum Gasteiger partial charge on any atom is -0.399 e. The Hall–Kier alpha value is -2.67. The number of nitrogens with one attached hydrogen (secondary N) is 1. The fourth-order valence-electron chi connectivity index (χ4n) is 1.86. The fourth-order valence-corrected chi connectivity index (χ4v) is 2.76. The van der Waals surface area contributed by atoms with Gasteiger partial charge in [0.25, 0.3) is 5.56 Å². The van der Waals surface area contributed by atoms with E-state index in [4.69, 9.17) is 5.73 Å². The van der Waals surface area contributed by atoms with Gasteiger partial charge in [-0.25, -0.2) is 4.98 Å². The maximum absolute atomic E-state index is 12.4. The van der Waals surface area contributed by atoms with Gasteiger partial charge in [0.15, 0.2) is 0 Å². The Morgan fingerprint density at radius 2 is 2.05 bits per heavy atom. The fraction of sp³-hybridized carbons (Fsp3) is 0. The van der Waals surface area contributed by atoms with Crippen LogP contribution in [-0.4, -0.2) is 16.0 Å². The van der Waals surface area contributed by atoms with Gasteiger partial charge in [0.1, 0.15) is 11.0 Å². The number of benzene rings is 1. The maximum Gasteiger partial charge on any atom is 0.275 e. The third-order valence-electron chi connectivity index (χ3n) is 2.81. The summed E-state index contributed by atoms with van der Waals surface area (Å²) in [6, 6.07) is 8.62. The van der Waals surface area contributed by atoms with Gasteiger partial charge < -0.3 is 11.1 Å². The van der Waals surface area contributed by atoms with E-state index in [1.54, 1.807) is 30.3 Å². The van der Waals surface area contributed by atoms with Crippen LogP contribution in [0.2, 0.25) is 0 Å². The van der Waals surface area contributed by atoms with Crippen molar-refractivity contribution in [3.63, 3.8) is 0 Å². The lowest BCUT2D eigenvalue weighted by atomic mass is 10.3. The van der Waals surface area contributed by atoms with Crippen LogP contribution in [0.4, 0.5) is 10.7 Å². The molecule has 0 aliphatic rings. The van der Waals surface area contributed by atoms with Gasteiger partial charge in [-0.1, -0.05) is 0 Å². The van der Waals surface area contributed by atoms with Crippen molar-refractivity contribution in [2.75, 3.05) is 11.1 Å². The first-order valence-corrected chi connectivity index (χ1v) is 6.58. The summed E-state index contributed by atoms with van der Waals surface area (Å²) in [7, 11) is 0. The lowest BCUT2D eigenvalue weighted by molar-refractivity contribution is -0.105. The van der Waals surface area contributed by atoms with Crippen molar-refractivity contribution in [2.45, 2.75) is 0 Å². The molecule has 1 amide bonds. The molecule has 100 valence electrons. The van der Waals surface area contributed by atoms with Crippen LogP contribution in [0.5, 0.6) is 0 Å². The van der Waals surface area contributed by atoms with E-state index >= 15 is 0 Å². The predicted molar refractivity (Wildman–Crippen MR) is 79.3 cm³/mol. The molecule has 0 aliphatic heterocycles. The molecule has 0 radical (unpaired) electrons. The molecule has 2 aromatic heterocycles. The number of hydrogen-bond donors (Lipinski definition) is 2.